The van der Waals surface area contributed by atoms with Crippen LogP contribution in [0.4, 0.5) is 31.1 Å². The van der Waals surface area contributed by atoms with E-state index in [2.05, 4.69) is 15.4 Å². The van der Waals surface area contributed by atoms with Crippen LogP contribution in [0, 0.1) is 5.92 Å². The van der Waals surface area contributed by atoms with E-state index in [9.17, 15) is 31.1 Å². The van der Waals surface area contributed by atoms with Gasteiger partial charge in [0.25, 0.3) is 0 Å². The molecule has 0 saturated heterocycles. The molecule has 0 aliphatic heterocycles. The topological polar surface area (TPSA) is 50.4 Å². The average molecular weight is 368 g/mol. The summed E-state index contributed by atoms with van der Waals surface area (Å²) in [6.07, 6.45) is -9.48. The number of benzene rings is 1. The zero-order chi connectivity index (χ0) is 18.8. The standard InChI is InChI=1S/C15H14F6N2O2/c1-8-11(14(16,17)18)6-12(8)23-13(24)22-7-9-3-2-4-10(5-9)25-15(19,20)21/h2-5,11H,6-7H2,1H3,(H2,22,23,24). The van der Waals surface area contributed by atoms with Crippen LogP contribution in [0.1, 0.15) is 18.9 Å². The summed E-state index contributed by atoms with van der Waals surface area (Å²) in [5.74, 6) is -1.99. The highest BCUT2D eigenvalue weighted by Gasteiger charge is 2.47. The van der Waals surface area contributed by atoms with Gasteiger partial charge in [0.2, 0.25) is 0 Å². The van der Waals surface area contributed by atoms with Crippen LogP contribution < -0.4 is 15.4 Å². The molecule has 2 rings (SSSR count). The predicted octanol–water partition coefficient (Wildman–Crippen LogP) is 4.24. The third-order valence-electron chi connectivity index (χ3n) is 3.65. The molecule has 25 heavy (non-hydrogen) atoms. The molecule has 0 radical (unpaired) electrons. The molecule has 0 bridgehead atoms. The number of hydrogen-bond acceptors (Lipinski definition) is 2. The van der Waals surface area contributed by atoms with E-state index in [0.717, 1.165) is 12.1 Å². The molecule has 0 aromatic heterocycles. The monoisotopic (exact) mass is 368 g/mol. The Morgan fingerprint density at radius 1 is 1.24 bits per heavy atom. The Bertz CT molecular complexity index is 681. The van der Waals surface area contributed by atoms with Crippen molar-refractivity contribution in [3.63, 3.8) is 0 Å². The molecule has 1 atom stereocenters. The van der Waals surface area contributed by atoms with Crippen molar-refractivity contribution in [2.24, 2.45) is 5.92 Å². The SMILES string of the molecule is CC1=C(NC(=O)NCc2cccc(OC(F)(F)F)c2)CC1C(F)(F)F. The summed E-state index contributed by atoms with van der Waals surface area (Å²) in [5.41, 5.74) is 0.571. The Balaban J connectivity index is 1.87. The second-order valence-electron chi connectivity index (χ2n) is 5.46. The Morgan fingerprint density at radius 3 is 2.48 bits per heavy atom. The van der Waals surface area contributed by atoms with E-state index in [-0.39, 0.29) is 24.2 Å². The summed E-state index contributed by atoms with van der Waals surface area (Å²) in [4.78, 5) is 11.7. The fourth-order valence-electron chi connectivity index (χ4n) is 2.32. The van der Waals surface area contributed by atoms with Crippen molar-refractivity contribution in [2.45, 2.75) is 32.4 Å². The maximum Gasteiger partial charge on any atom is 0.573 e. The van der Waals surface area contributed by atoms with Crippen molar-refractivity contribution in [3.05, 3.63) is 41.1 Å². The molecular formula is C15H14F6N2O2. The normalized spacial score (nSPS) is 17.8. The Hall–Kier alpha value is -2.39. The highest BCUT2D eigenvalue weighted by Crippen LogP contribution is 2.44. The molecule has 138 valence electrons. The van der Waals surface area contributed by atoms with Crippen LogP contribution >= 0.6 is 0 Å². The summed E-state index contributed by atoms with van der Waals surface area (Å²) >= 11 is 0. The van der Waals surface area contributed by atoms with Gasteiger partial charge in [0.05, 0.1) is 5.92 Å². The van der Waals surface area contributed by atoms with Gasteiger partial charge >= 0.3 is 18.6 Å². The number of carbonyl (C=O) groups excluding carboxylic acids is 1. The summed E-state index contributed by atoms with van der Waals surface area (Å²) in [7, 11) is 0. The smallest absolute Gasteiger partial charge is 0.406 e. The van der Waals surface area contributed by atoms with Crippen molar-refractivity contribution in [1.29, 1.82) is 0 Å². The molecule has 1 aromatic rings. The van der Waals surface area contributed by atoms with Gasteiger partial charge in [0, 0.05) is 18.7 Å². The van der Waals surface area contributed by atoms with Gasteiger partial charge in [0.15, 0.2) is 0 Å². The number of amides is 2. The molecule has 1 unspecified atom stereocenters. The van der Waals surface area contributed by atoms with Gasteiger partial charge in [-0.15, -0.1) is 13.2 Å². The predicted molar refractivity (Wildman–Crippen MR) is 75.4 cm³/mol. The minimum absolute atomic E-state index is 0.0447. The van der Waals surface area contributed by atoms with Gasteiger partial charge < -0.3 is 15.4 Å². The lowest BCUT2D eigenvalue weighted by Crippen LogP contribution is -2.42. The number of carbonyl (C=O) groups is 1. The van der Waals surface area contributed by atoms with Gasteiger partial charge in [-0.2, -0.15) is 13.2 Å². The van der Waals surface area contributed by atoms with E-state index < -0.39 is 30.2 Å². The van der Waals surface area contributed by atoms with Crippen molar-refractivity contribution in [2.75, 3.05) is 0 Å². The lowest BCUT2D eigenvalue weighted by Gasteiger charge is -2.33. The zero-order valence-electron chi connectivity index (χ0n) is 12.9. The molecule has 4 nitrogen and oxygen atoms in total. The van der Waals surface area contributed by atoms with Gasteiger partial charge in [-0.3, -0.25) is 0 Å². The van der Waals surface area contributed by atoms with Crippen molar-refractivity contribution < 1.29 is 35.9 Å². The number of halogens is 6. The van der Waals surface area contributed by atoms with Crippen LogP contribution in [0.2, 0.25) is 0 Å². The number of urea groups is 1. The van der Waals surface area contributed by atoms with Gasteiger partial charge in [-0.25, -0.2) is 4.79 Å². The van der Waals surface area contributed by atoms with Gasteiger partial charge in [-0.05, 0) is 30.2 Å². The van der Waals surface area contributed by atoms with Crippen molar-refractivity contribution in [3.8, 4) is 5.75 Å². The summed E-state index contributed by atoms with van der Waals surface area (Å²) in [6.45, 7) is 1.17. The van der Waals surface area contributed by atoms with Gasteiger partial charge in [-0.1, -0.05) is 12.1 Å². The van der Waals surface area contributed by atoms with E-state index in [1.807, 2.05) is 0 Å². The number of allylic oxidation sites excluding steroid dienone is 2. The quantitative estimate of drug-likeness (QED) is 0.781. The Kier molecular flexibility index (Phi) is 5.19. The third-order valence-corrected chi connectivity index (χ3v) is 3.65. The number of ether oxygens (including phenoxy) is 1. The first-order chi connectivity index (χ1) is 11.5. The molecule has 1 aliphatic rings. The van der Waals surface area contributed by atoms with Gasteiger partial charge in [0.1, 0.15) is 5.75 Å². The summed E-state index contributed by atoms with van der Waals surface area (Å²) in [5, 5.41) is 4.67. The fraction of sp³-hybridized carbons (Fsp3) is 0.400. The Morgan fingerprint density at radius 2 is 1.92 bits per heavy atom. The van der Waals surface area contributed by atoms with E-state index in [0.29, 0.717) is 5.56 Å². The van der Waals surface area contributed by atoms with E-state index in [1.165, 1.54) is 19.1 Å². The molecule has 2 N–H and O–H groups in total. The molecule has 2 amide bonds. The van der Waals surface area contributed by atoms with E-state index >= 15 is 0 Å². The van der Waals surface area contributed by atoms with E-state index in [1.54, 1.807) is 0 Å². The third kappa shape index (κ3) is 5.30. The molecule has 0 heterocycles. The van der Waals surface area contributed by atoms with Crippen LogP contribution in [0.5, 0.6) is 5.75 Å². The molecular weight excluding hydrogens is 354 g/mol. The number of alkyl halides is 6. The number of rotatable bonds is 4. The second kappa shape index (κ2) is 6.85. The lowest BCUT2D eigenvalue weighted by atomic mass is 9.82. The molecule has 1 aliphatic carbocycles. The maximum atomic E-state index is 12.5. The average Bonchev–Trinajstić information content (AvgIpc) is 2.46. The number of hydrogen-bond donors (Lipinski definition) is 2. The molecule has 0 spiro atoms. The van der Waals surface area contributed by atoms with E-state index in [4.69, 9.17) is 0 Å². The first-order valence-corrected chi connectivity index (χ1v) is 7.11. The maximum absolute atomic E-state index is 12.5. The minimum atomic E-state index is -4.83. The molecule has 0 saturated carbocycles. The highest BCUT2D eigenvalue weighted by atomic mass is 19.4. The van der Waals surface area contributed by atoms with Crippen molar-refractivity contribution >= 4 is 6.03 Å². The zero-order valence-corrected chi connectivity index (χ0v) is 12.9. The van der Waals surface area contributed by atoms with Crippen LogP contribution in [0.3, 0.4) is 0 Å². The first kappa shape index (κ1) is 18.9. The molecule has 10 heteroatoms. The summed E-state index contributed by atoms with van der Waals surface area (Å²) < 4.78 is 77.8. The van der Waals surface area contributed by atoms with Crippen LogP contribution in [0.25, 0.3) is 0 Å². The second-order valence-corrected chi connectivity index (χ2v) is 5.46. The minimum Gasteiger partial charge on any atom is -0.406 e. The lowest BCUT2D eigenvalue weighted by molar-refractivity contribution is -0.274. The fourth-order valence-corrected chi connectivity index (χ4v) is 2.32. The summed E-state index contributed by atoms with van der Waals surface area (Å²) in [6, 6.07) is 4.26. The first-order valence-electron chi connectivity index (χ1n) is 7.11. The molecule has 1 aromatic carbocycles. The van der Waals surface area contributed by atoms with Crippen LogP contribution in [-0.4, -0.2) is 18.6 Å². The largest absolute Gasteiger partial charge is 0.573 e. The highest BCUT2D eigenvalue weighted by molar-refractivity contribution is 5.76. The molecule has 0 fully saturated rings. The number of nitrogens with one attached hydrogen (secondary N) is 2. The van der Waals surface area contributed by atoms with Crippen LogP contribution in [0.15, 0.2) is 35.5 Å². The van der Waals surface area contributed by atoms with Crippen LogP contribution in [-0.2, 0) is 6.54 Å². The van der Waals surface area contributed by atoms with Crippen molar-refractivity contribution in [1.82, 2.24) is 10.6 Å². The Labute approximate surface area is 138 Å².